The molecule has 2 N–H and O–H groups in total. The number of hydrogen-bond donors (Lipinski definition) is 2. The van der Waals surface area contributed by atoms with Gasteiger partial charge < -0.3 is 9.84 Å². The molecule has 1 saturated heterocycles. The van der Waals surface area contributed by atoms with Gasteiger partial charge in [0.15, 0.2) is 0 Å². The zero-order chi connectivity index (χ0) is 18.0. The minimum Gasteiger partial charge on any atom is -0.493 e. The van der Waals surface area contributed by atoms with Crippen LogP contribution in [0.5, 0.6) is 5.88 Å². The Balaban J connectivity index is 2.09. The largest absolute Gasteiger partial charge is 0.493 e. The number of nitrogens with zero attached hydrogens (tertiary/aromatic N) is 3. The van der Waals surface area contributed by atoms with Crippen LogP contribution in [0.1, 0.15) is 12.5 Å². The van der Waals surface area contributed by atoms with Crippen molar-refractivity contribution < 1.29 is 9.84 Å². The Hall–Kier alpha value is -2.58. The average molecular weight is 365 g/mol. The topological polar surface area (TPSA) is 99.9 Å². The molecule has 0 amide bonds. The maximum atomic E-state index is 12.2. The predicted molar refractivity (Wildman–Crippen MR) is 93.9 cm³/mol. The van der Waals surface area contributed by atoms with E-state index in [1.54, 1.807) is 36.2 Å². The van der Waals surface area contributed by atoms with E-state index in [1.807, 2.05) is 0 Å². The zero-order valence-corrected chi connectivity index (χ0v) is 14.3. The minimum atomic E-state index is -0.743. The number of aromatic amines is 1. The van der Waals surface area contributed by atoms with Crippen LogP contribution >= 0.6 is 11.6 Å². The Labute approximate surface area is 147 Å². The van der Waals surface area contributed by atoms with Crippen molar-refractivity contribution in [2.45, 2.75) is 6.92 Å². The smallest absolute Gasteiger partial charge is 0.335 e. The van der Waals surface area contributed by atoms with Gasteiger partial charge in [0.05, 0.1) is 37.7 Å². The summed E-state index contributed by atoms with van der Waals surface area (Å²) in [6, 6.07) is 6.31. The molecule has 0 aliphatic carbocycles. The van der Waals surface area contributed by atoms with Crippen molar-refractivity contribution in [3.63, 3.8) is 0 Å². The van der Waals surface area contributed by atoms with E-state index >= 15 is 0 Å². The van der Waals surface area contributed by atoms with E-state index in [0.717, 1.165) is 4.57 Å². The van der Waals surface area contributed by atoms with E-state index in [-0.39, 0.29) is 5.56 Å². The quantitative estimate of drug-likeness (QED) is 0.789. The number of morpholine rings is 1. The third kappa shape index (κ3) is 3.59. The van der Waals surface area contributed by atoms with Crippen LogP contribution < -0.4 is 11.2 Å². The van der Waals surface area contributed by atoms with Gasteiger partial charge in [0, 0.05) is 5.02 Å². The number of hydrazone groups is 1. The first-order valence-electron chi connectivity index (χ1n) is 7.70. The standard InChI is InChI=1S/C16H17ClN4O4/c1-10(19-20-6-8-25-9-7-20)13-14(22)18-16(24)21(15(13)23)12-4-2-11(17)3-5-12/h2-5,23H,6-9H2,1H3,(H,18,22,24). The fraction of sp³-hybridized carbons (Fsp3) is 0.312. The molecule has 1 fully saturated rings. The molecule has 2 aromatic rings. The summed E-state index contributed by atoms with van der Waals surface area (Å²) in [7, 11) is 0. The molecule has 0 spiro atoms. The summed E-state index contributed by atoms with van der Waals surface area (Å²) < 4.78 is 6.26. The van der Waals surface area contributed by atoms with Crippen LogP contribution in [0.25, 0.3) is 5.69 Å². The molecule has 1 aromatic heterocycles. The highest BCUT2D eigenvalue weighted by molar-refractivity contribution is 6.30. The number of halogens is 1. The summed E-state index contributed by atoms with van der Waals surface area (Å²) >= 11 is 5.85. The summed E-state index contributed by atoms with van der Waals surface area (Å²) in [5.41, 5.74) is -0.803. The summed E-state index contributed by atoms with van der Waals surface area (Å²) in [5, 5.41) is 17.2. The lowest BCUT2D eigenvalue weighted by Gasteiger charge is -2.24. The molecular weight excluding hydrogens is 348 g/mol. The van der Waals surface area contributed by atoms with Crippen LogP contribution in [0.3, 0.4) is 0 Å². The molecule has 1 aliphatic heterocycles. The van der Waals surface area contributed by atoms with Crippen LogP contribution in [-0.2, 0) is 4.74 Å². The van der Waals surface area contributed by atoms with Crippen molar-refractivity contribution in [1.29, 1.82) is 0 Å². The van der Waals surface area contributed by atoms with Gasteiger partial charge in [-0.2, -0.15) is 5.10 Å². The number of ether oxygens (including phenoxy) is 1. The Kier molecular flexibility index (Phi) is 4.91. The normalized spacial score (nSPS) is 15.4. The van der Waals surface area contributed by atoms with Gasteiger partial charge >= 0.3 is 5.69 Å². The molecule has 1 aliphatic rings. The molecule has 0 radical (unpaired) electrons. The highest BCUT2D eigenvalue weighted by atomic mass is 35.5. The van der Waals surface area contributed by atoms with E-state index in [9.17, 15) is 14.7 Å². The van der Waals surface area contributed by atoms with Gasteiger partial charge in [0.25, 0.3) is 5.56 Å². The molecule has 0 saturated carbocycles. The molecule has 0 atom stereocenters. The molecule has 3 rings (SSSR count). The summed E-state index contributed by atoms with van der Waals surface area (Å²) in [6.07, 6.45) is 0. The Morgan fingerprint density at radius 3 is 2.52 bits per heavy atom. The van der Waals surface area contributed by atoms with Gasteiger partial charge in [-0.3, -0.25) is 14.8 Å². The number of hydrogen-bond acceptors (Lipinski definition) is 6. The lowest BCUT2D eigenvalue weighted by Crippen LogP contribution is -2.35. The van der Waals surface area contributed by atoms with Gasteiger partial charge in [-0.05, 0) is 31.2 Å². The Morgan fingerprint density at radius 1 is 1.24 bits per heavy atom. The Bertz CT molecular complexity index is 911. The number of benzene rings is 1. The van der Waals surface area contributed by atoms with Crippen molar-refractivity contribution in [1.82, 2.24) is 14.6 Å². The van der Waals surface area contributed by atoms with E-state index in [0.29, 0.717) is 42.7 Å². The first-order valence-corrected chi connectivity index (χ1v) is 8.07. The lowest BCUT2D eigenvalue weighted by molar-refractivity contribution is 0.0393. The number of rotatable bonds is 3. The van der Waals surface area contributed by atoms with Crippen LogP contribution in [0.4, 0.5) is 0 Å². The summed E-state index contributed by atoms with van der Waals surface area (Å²) in [4.78, 5) is 26.6. The minimum absolute atomic E-state index is 0.0546. The van der Waals surface area contributed by atoms with Crippen LogP contribution in [0.2, 0.25) is 5.02 Å². The van der Waals surface area contributed by atoms with Crippen molar-refractivity contribution in [3.05, 3.63) is 55.7 Å². The molecule has 0 bridgehead atoms. The van der Waals surface area contributed by atoms with Crippen LogP contribution in [0.15, 0.2) is 39.0 Å². The Morgan fingerprint density at radius 2 is 1.88 bits per heavy atom. The molecule has 8 nitrogen and oxygen atoms in total. The van der Waals surface area contributed by atoms with E-state index < -0.39 is 17.1 Å². The third-order valence-electron chi connectivity index (χ3n) is 3.81. The highest BCUT2D eigenvalue weighted by Gasteiger charge is 2.19. The van der Waals surface area contributed by atoms with E-state index in [4.69, 9.17) is 16.3 Å². The highest BCUT2D eigenvalue weighted by Crippen LogP contribution is 2.19. The maximum Gasteiger partial charge on any atom is 0.335 e. The second-order valence-corrected chi connectivity index (χ2v) is 5.96. The van der Waals surface area contributed by atoms with Gasteiger partial charge in [-0.1, -0.05) is 11.6 Å². The molecule has 25 heavy (non-hydrogen) atoms. The SMILES string of the molecule is CC(=NN1CCOCC1)c1c(O)n(-c2ccc(Cl)cc2)c(=O)[nH]c1=O. The fourth-order valence-electron chi connectivity index (χ4n) is 2.60. The van der Waals surface area contributed by atoms with E-state index in [1.165, 1.54) is 0 Å². The number of aromatic nitrogens is 2. The molecule has 9 heteroatoms. The summed E-state index contributed by atoms with van der Waals surface area (Å²) in [6.45, 7) is 3.88. The molecule has 1 aromatic carbocycles. The maximum absolute atomic E-state index is 12.2. The van der Waals surface area contributed by atoms with Crippen LogP contribution in [0, 0.1) is 0 Å². The summed E-state index contributed by atoms with van der Waals surface area (Å²) in [5.74, 6) is -0.467. The van der Waals surface area contributed by atoms with Gasteiger partial charge in [-0.25, -0.2) is 9.36 Å². The third-order valence-corrected chi connectivity index (χ3v) is 4.06. The van der Waals surface area contributed by atoms with Crippen LogP contribution in [-0.4, -0.2) is 51.7 Å². The lowest BCUT2D eigenvalue weighted by atomic mass is 10.2. The van der Waals surface area contributed by atoms with Crippen molar-refractivity contribution in [3.8, 4) is 11.6 Å². The predicted octanol–water partition coefficient (Wildman–Crippen LogP) is 0.941. The van der Waals surface area contributed by atoms with Crippen molar-refractivity contribution >= 4 is 17.3 Å². The van der Waals surface area contributed by atoms with Gasteiger partial charge in [0.2, 0.25) is 5.88 Å². The first-order chi connectivity index (χ1) is 12.0. The number of H-pyrrole nitrogens is 1. The van der Waals surface area contributed by atoms with Gasteiger partial charge in [-0.15, -0.1) is 0 Å². The molecule has 0 unspecified atom stereocenters. The number of nitrogens with one attached hydrogen (secondary N) is 1. The first kappa shape index (κ1) is 17.2. The molecule has 2 heterocycles. The molecular formula is C16H17ClN4O4. The second-order valence-electron chi connectivity index (χ2n) is 5.52. The zero-order valence-electron chi connectivity index (χ0n) is 13.5. The second kappa shape index (κ2) is 7.12. The van der Waals surface area contributed by atoms with E-state index in [2.05, 4.69) is 10.1 Å². The van der Waals surface area contributed by atoms with Gasteiger partial charge in [0.1, 0.15) is 5.56 Å². The number of aromatic hydroxyl groups is 1. The van der Waals surface area contributed by atoms with Crippen molar-refractivity contribution in [2.24, 2.45) is 5.10 Å². The average Bonchev–Trinajstić information content (AvgIpc) is 2.57. The van der Waals surface area contributed by atoms with Crippen molar-refractivity contribution in [2.75, 3.05) is 26.3 Å². The molecule has 132 valence electrons. The monoisotopic (exact) mass is 364 g/mol. The fourth-order valence-corrected chi connectivity index (χ4v) is 2.72.